The van der Waals surface area contributed by atoms with Crippen molar-refractivity contribution in [1.29, 1.82) is 0 Å². The molecule has 0 radical (unpaired) electrons. The molecule has 272 valence electrons. The molecule has 46 heavy (non-hydrogen) atoms. The van der Waals surface area contributed by atoms with Gasteiger partial charge in [-0.25, -0.2) is 0 Å². The average molecular weight is 672 g/mol. The highest BCUT2D eigenvalue weighted by atomic mass is 32.2. The summed E-state index contributed by atoms with van der Waals surface area (Å²) in [5.74, 6) is -1.55. The van der Waals surface area contributed by atoms with Crippen LogP contribution in [0.2, 0.25) is 0 Å². The lowest BCUT2D eigenvalue weighted by atomic mass is 10.0. The van der Waals surface area contributed by atoms with Crippen molar-refractivity contribution in [3.05, 3.63) is 24.3 Å². The highest BCUT2D eigenvalue weighted by molar-refractivity contribution is 7.85. The number of amides is 1. The van der Waals surface area contributed by atoms with Gasteiger partial charge in [-0.3, -0.25) is 9.35 Å². The first-order chi connectivity index (χ1) is 22.2. The van der Waals surface area contributed by atoms with E-state index in [1.54, 1.807) is 6.08 Å². The minimum atomic E-state index is -4.44. The van der Waals surface area contributed by atoms with E-state index in [0.29, 0.717) is 6.42 Å². The molecule has 0 bridgehead atoms. The van der Waals surface area contributed by atoms with E-state index >= 15 is 0 Å². The van der Waals surface area contributed by atoms with Gasteiger partial charge in [0, 0.05) is 0 Å². The molecule has 0 heterocycles. The summed E-state index contributed by atoms with van der Waals surface area (Å²) in [6, 6.07) is -1.23. The van der Waals surface area contributed by atoms with Crippen LogP contribution < -0.4 is 5.32 Å². The van der Waals surface area contributed by atoms with Gasteiger partial charge in [0.25, 0.3) is 10.1 Å². The van der Waals surface area contributed by atoms with Gasteiger partial charge in [-0.15, -0.1) is 0 Å². The summed E-state index contributed by atoms with van der Waals surface area (Å²) < 4.78 is 32.4. The summed E-state index contributed by atoms with van der Waals surface area (Å²) in [7, 11) is -4.44. The maximum absolute atomic E-state index is 12.5. The van der Waals surface area contributed by atoms with Gasteiger partial charge >= 0.3 is 0 Å². The molecule has 0 aromatic rings. The Morgan fingerprint density at radius 3 is 1.43 bits per heavy atom. The largest absolute Gasteiger partial charge is 0.387 e. The molecule has 8 heteroatoms. The fraction of sp³-hybridized carbons (Fsp3) is 0.868. The molecule has 3 unspecified atom stereocenters. The van der Waals surface area contributed by atoms with Gasteiger partial charge in [0.1, 0.15) is 6.10 Å². The predicted molar refractivity (Wildman–Crippen MR) is 195 cm³/mol. The molecule has 0 aromatic heterocycles. The summed E-state index contributed by atoms with van der Waals surface area (Å²) in [5, 5.41) is 23.2. The van der Waals surface area contributed by atoms with Crippen LogP contribution >= 0.6 is 0 Å². The van der Waals surface area contributed by atoms with Gasteiger partial charge in [-0.1, -0.05) is 173 Å². The molecule has 0 fully saturated rings. The van der Waals surface area contributed by atoms with Gasteiger partial charge in [0.05, 0.1) is 17.9 Å². The molecule has 0 saturated carbocycles. The number of allylic oxidation sites excluding steroid dienone is 3. The number of hydrogen-bond donors (Lipinski definition) is 4. The summed E-state index contributed by atoms with van der Waals surface area (Å²) >= 11 is 0. The van der Waals surface area contributed by atoms with Crippen molar-refractivity contribution in [2.75, 3.05) is 5.75 Å². The lowest BCUT2D eigenvalue weighted by Gasteiger charge is -2.22. The van der Waals surface area contributed by atoms with Crippen LogP contribution in [0, 0.1) is 0 Å². The zero-order chi connectivity index (χ0) is 34.1. The number of hydrogen-bond acceptors (Lipinski definition) is 5. The molecule has 0 aliphatic rings. The highest BCUT2D eigenvalue weighted by Gasteiger charge is 2.27. The number of rotatable bonds is 34. The van der Waals surface area contributed by atoms with E-state index in [9.17, 15) is 28.0 Å². The summed E-state index contributed by atoms with van der Waals surface area (Å²) in [6.45, 7) is 4.44. The molecule has 7 nitrogen and oxygen atoms in total. The second-order valence-electron chi connectivity index (χ2n) is 13.3. The number of carbonyl (C=O) groups excluding carboxylic acids is 1. The summed E-state index contributed by atoms with van der Waals surface area (Å²) in [5.41, 5.74) is 0. The van der Waals surface area contributed by atoms with Crippen molar-refractivity contribution >= 4 is 16.0 Å². The minimum Gasteiger partial charge on any atom is -0.387 e. The number of aliphatic hydroxyl groups is 2. The van der Waals surface area contributed by atoms with Gasteiger partial charge in [-0.05, 0) is 38.5 Å². The van der Waals surface area contributed by atoms with E-state index in [-0.39, 0.29) is 6.42 Å². The molecule has 0 aliphatic heterocycles. The van der Waals surface area contributed by atoms with E-state index in [1.165, 1.54) is 122 Å². The number of unbranched alkanes of at least 4 members (excludes halogenated alkanes) is 23. The Kier molecular flexibility index (Phi) is 31.5. The minimum absolute atomic E-state index is 0.259. The van der Waals surface area contributed by atoms with Crippen LogP contribution in [0.4, 0.5) is 0 Å². The SMILES string of the molecule is CCCC/C=C\CCCCCC(O)C(=O)NC(CS(=O)(=O)O)C(O)/C=C/CCCCCCCCCCCCCCCCCCCC. The Morgan fingerprint density at radius 2 is 0.978 bits per heavy atom. The van der Waals surface area contributed by atoms with Crippen molar-refractivity contribution in [3.8, 4) is 0 Å². The third kappa shape index (κ3) is 31.4. The van der Waals surface area contributed by atoms with Crippen molar-refractivity contribution < 1.29 is 28.0 Å². The highest BCUT2D eigenvalue weighted by Crippen LogP contribution is 2.15. The second kappa shape index (κ2) is 32.3. The van der Waals surface area contributed by atoms with E-state index in [4.69, 9.17) is 0 Å². The Balaban J connectivity index is 4.01. The van der Waals surface area contributed by atoms with Crippen molar-refractivity contribution in [2.45, 2.75) is 205 Å². The third-order valence-corrected chi connectivity index (χ3v) is 9.51. The van der Waals surface area contributed by atoms with Gasteiger partial charge in [-0.2, -0.15) is 8.42 Å². The molecule has 0 saturated heterocycles. The smallest absolute Gasteiger partial charge is 0.267 e. The topological polar surface area (TPSA) is 124 Å². The molecule has 1 amide bonds. The molecular formula is C38H73NO6S. The third-order valence-electron chi connectivity index (χ3n) is 8.73. The summed E-state index contributed by atoms with van der Waals surface area (Å²) in [4.78, 5) is 12.5. The monoisotopic (exact) mass is 672 g/mol. The lowest BCUT2D eigenvalue weighted by Crippen LogP contribution is -2.50. The van der Waals surface area contributed by atoms with E-state index in [2.05, 4.69) is 31.3 Å². The van der Waals surface area contributed by atoms with Crippen molar-refractivity contribution in [3.63, 3.8) is 0 Å². The first kappa shape index (κ1) is 44.8. The number of carbonyl (C=O) groups is 1. The molecule has 0 rings (SSSR count). The fourth-order valence-corrected chi connectivity index (χ4v) is 6.46. The lowest BCUT2D eigenvalue weighted by molar-refractivity contribution is -0.130. The predicted octanol–water partition coefficient (Wildman–Crippen LogP) is 9.77. The Morgan fingerprint density at radius 1 is 0.587 bits per heavy atom. The van der Waals surface area contributed by atoms with Crippen LogP contribution in [0.1, 0.15) is 187 Å². The molecule has 0 aromatic carbocycles. The van der Waals surface area contributed by atoms with E-state index in [0.717, 1.165) is 44.9 Å². The molecule has 3 atom stereocenters. The second-order valence-corrected chi connectivity index (χ2v) is 14.8. The van der Waals surface area contributed by atoms with Gasteiger partial charge in [0.15, 0.2) is 0 Å². The first-order valence-electron chi connectivity index (χ1n) is 19.1. The van der Waals surface area contributed by atoms with Crippen molar-refractivity contribution in [1.82, 2.24) is 5.32 Å². The maximum Gasteiger partial charge on any atom is 0.267 e. The molecule has 0 spiro atoms. The fourth-order valence-electron chi connectivity index (χ4n) is 5.73. The average Bonchev–Trinajstić information content (AvgIpc) is 3.01. The normalized spacial score (nSPS) is 14.3. The van der Waals surface area contributed by atoms with Crippen LogP contribution in [-0.2, 0) is 14.9 Å². The standard InChI is InChI=1S/C38H73NO6S/c1-3-5-7-9-11-13-14-15-16-17-18-19-20-21-22-23-25-26-28-30-32-36(40)35(34-46(43,44)45)39-38(42)37(41)33-31-29-27-24-12-10-8-6-4-2/h10,12,30,32,35-37,40-41H,3-9,11,13-29,31,33-34H2,1-2H3,(H,39,42)(H,43,44,45)/b12-10-,32-30+. The van der Waals surface area contributed by atoms with Gasteiger partial charge < -0.3 is 15.5 Å². The first-order valence-corrected chi connectivity index (χ1v) is 20.8. The zero-order valence-corrected chi connectivity index (χ0v) is 30.6. The van der Waals surface area contributed by atoms with Crippen LogP contribution in [-0.4, -0.2) is 53.1 Å². The van der Waals surface area contributed by atoms with Crippen LogP contribution in [0.3, 0.4) is 0 Å². The Labute approximate surface area is 284 Å². The van der Waals surface area contributed by atoms with Crippen molar-refractivity contribution in [2.24, 2.45) is 0 Å². The van der Waals surface area contributed by atoms with Crippen LogP contribution in [0.15, 0.2) is 24.3 Å². The maximum atomic E-state index is 12.5. The summed E-state index contributed by atoms with van der Waals surface area (Å²) in [6.07, 6.45) is 36.8. The number of aliphatic hydroxyl groups excluding tert-OH is 2. The molecule has 4 N–H and O–H groups in total. The quantitative estimate of drug-likeness (QED) is 0.0307. The Hall–Kier alpha value is -1.22. The van der Waals surface area contributed by atoms with Crippen LogP contribution in [0.5, 0.6) is 0 Å². The van der Waals surface area contributed by atoms with Crippen LogP contribution in [0.25, 0.3) is 0 Å². The zero-order valence-electron chi connectivity index (χ0n) is 29.8. The van der Waals surface area contributed by atoms with Gasteiger partial charge in [0.2, 0.25) is 5.91 Å². The Bertz CT molecular complexity index is 844. The number of nitrogens with one attached hydrogen (secondary N) is 1. The molecular weight excluding hydrogens is 598 g/mol. The van der Waals surface area contributed by atoms with E-state index in [1.807, 2.05) is 0 Å². The van der Waals surface area contributed by atoms with E-state index < -0.39 is 40.0 Å². The molecule has 0 aliphatic carbocycles.